The van der Waals surface area contributed by atoms with Gasteiger partial charge in [-0.2, -0.15) is 0 Å². The van der Waals surface area contributed by atoms with Crippen LogP contribution in [0.4, 0.5) is 5.69 Å². The van der Waals surface area contributed by atoms with E-state index in [9.17, 15) is 4.79 Å². The zero-order valence-corrected chi connectivity index (χ0v) is 12.4. The van der Waals surface area contributed by atoms with Gasteiger partial charge in [0.25, 0.3) is 5.91 Å². The summed E-state index contributed by atoms with van der Waals surface area (Å²) in [6, 6.07) is 21.1. The van der Waals surface area contributed by atoms with Gasteiger partial charge in [0.05, 0.1) is 6.61 Å². The van der Waals surface area contributed by atoms with E-state index in [1.807, 2.05) is 49.4 Å². The average molecular weight is 291 g/mol. The quantitative estimate of drug-likeness (QED) is 0.769. The number of hydrogen-bond donors (Lipinski definition) is 1. The summed E-state index contributed by atoms with van der Waals surface area (Å²) in [4.78, 5) is 12.3. The molecular formula is C19H17NO2. The van der Waals surface area contributed by atoms with Crippen molar-refractivity contribution >= 4 is 22.4 Å². The first-order chi connectivity index (χ1) is 10.8. The molecule has 3 aromatic carbocycles. The lowest BCUT2D eigenvalue weighted by atomic mass is 10.1. The third-order valence-corrected chi connectivity index (χ3v) is 3.43. The maximum Gasteiger partial charge on any atom is 0.255 e. The second kappa shape index (κ2) is 6.31. The predicted octanol–water partition coefficient (Wildman–Crippen LogP) is 4.49. The predicted molar refractivity (Wildman–Crippen MR) is 89.5 cm³/mol. The van der Waals surface area contributed by atoms with E-state index in [1.54, 1.807) is 24.3 Å². The number of carbonyl (C=O) groups excluding carboxylic acids is 1. The summed E-state index contributed by atoms with van der Waals surface area (Å²) in [5, 5.41) is 5.18. The van der Waals surface area contributed by atoms with Crippen LogP contribution in [-0.4, -0.2) is 12.5 Å². The summed E-state index contributed by atoms with van der Waals surface area (Å²) in [7, 11) is 0. The second-order valence-corrected chi connectivity index (χ2v) is 4.97. The van der Waals surface area contributed by atoms with Crippen molar-refractivity contribution in [3.05, 3.63) is 72.3 Å². The molecule has 3 nitrogen and oxygen atoms in total. The number of benzene rings is 3. The van der Waals surface area contributed by atoms with Crippen molar-refractivity contribution in [3.63, 3.8) is 0 Å². The topological polar surface area (TPSA) is 38.3 Å². The van der Waals surface area contributed by atoms with Crippen LogP contribution in [0.5, 0.6) is 5.75 Å². The van der Waals surface area contributed by atoms with Crippen LogP contribution < -0.4 is 10.1 Å². The summed E-state index contributed by atoms with van der Waals surface area (Å²) in [5.41, 5.74) is 1.40. The molecule has 0 unspecified atom stereocenters. The molecule has 0 aliphatic rings. The number of rotatable bonds is 4. The Morgan fingerprint density at radius 3 is 2.41 bits per heavy atom. The van der Waals surface area contributed by atoms with Gasteiger partial charge in [-0.3, -0.25) is 4.79 Å². The van der Waals surface area contributed by atoms with Gasteiger partial charge in [-0.25, -0.2) is 0 Å². The Hall–Kier alpha value is -2.81. The molecule has 110 valence electrons. The summed E-state index contributed by atoms with van der Waals surface area (Å²) < 4.78 is 5.38. The zero-order chi connectivity index (χ0) is 15.4. The minimum absolute atomic E-state index is 0.127. The van der Waals surface area contributed by atoms with Crippen molar-refractivity contribution < 1.29 is 9.53 Å². The largest absolute Gasteiger partial charge is 0.494 e. The number of carbonyl (C=O) groups is 1. The van der Waals surface area contributed by atoms with E-state index in [0.717, 1.165) is 22.2 Å². The molecule has 0 bridgehead atoms. The minimum atomic E-state index is -0.127. The van der Waals surface area contributed by atoms with Crippen LogP contribution in [-0.2, 0) is 0 Å². The minimum Gasteiger partial charge on any atom is -0.494 e. The van der Waals surface area contributed by atoms with Crippen molar-refractivity contribution in [1.82, 2.24) is 0 Å². The molecule has 3 rings (SSSR count). The summed E-state index contributed by atoms with van der Waals surface area (Å²) in [5.74, 6) is 0.642. The highest BCUT2D eigenvalue weighted by molar-refractivity contribution is 6.05. The Bertz CT molecular complexity index is 794. The van der Waals surface area contributed by atoms with Gasteiger partial charge in [-0.05, 0) is 54.1 Å². The molecule has 0 radical (unpaired) electrons. The van der Waals surface area contributed by atoms with Crippen LogP contribution >= 0.6 is 0 Å². The molecule has 0 aliphatic carbocycles. The molecule has 0 aromatic heterocycles. The van der Waals surface area contributed by atoms with Gasteiger partial charge in [0, 0.05) is 11.3 Å². The molecule has 0 saturated heterocycles. The normalized spacial score (nSPS) is 10.4. The number of nitrogens with one attached hydrogen (secondary N) is 1. The van der Waals surface area contributed by atoms with Crippen molar-refractivity contribution in [3.8, 4) is 5.75 Å². The SMILES string of the molecule is CCOc1ccc(C(=O)Nc2ccc3ccccc3c2)cc1. The van der Waals surface area contributed by atoms with E-state index in [1.165, 1.54) is 0 Å². The van der Waals surface area contributed by atoms with Crippen molar-refractivity contribution in [2.24, 2.45) is 0 Å². The molecule has 0 aliphatic heterocycles. The van der Waals surface area contributed by atoms with Crippen LogP contribution in [0.25, 0.3) is 10.8 Å². The third-order valence-electron chi connectivity index (χ3n) is 3.43. The van der Waals surface area contributed by atoms with Crippen molar-refractivity contribution in [2.45, 2.75) is 6.92 Å². The summed E-state index contributed by atoms with van der Waals surface area (Å²) in [6.07, 6.45) is 0. The fourth-order valence-corrected chi connectivity index (χ4v) is 2.34. The van der Waals surface area contributed by atoms with Crippen LogP contribution in [0.15, 0.2) is 66.7 Å². The molecule has 0 saturated carbocycles. The summed E-state index contributed by atoms with van der Waals surface area (Å²) in [6.45, 7) is 2.54. The highest BCUT2D eigenvalue weighted by atomic mass is 16.5. The lowest BCUT2D eigenvalue weighted by Gasteiger charge is -2.08. The Kier molecular flexibility index (Phi) is 4.05. The maximum absolute atomic E-state index is 12.3. The van der Waals surface area contributed by atoms with E-state index in [0.29, 0.717) is 12.2 Å². The first-order valence-corrected chi connectivity index (χ1v) is 7.29. The smallest absolute Gasteiger partial charge is 0.255 e. The van der Waals surface area contributed by atoms with Crippen LogP contribution in [0.2, 0.25) is 0 Å². The maximum atomic E-state index is 12.3. The highest BCUT2D eigenvalue weighted by Crippen LogP contribution is 2.20. The van der Waals surface area contributed by atoms with Crippen LogP contribution in [0, 0.1) is 0 Å². The molecule has 0 spiro atoms. The highest BCUT2D eigenvalue weighted by Gasteiger charge is 2.06. The van der Waals surface area contributed by atoms with E-state index in [-0.39, 0.29) is 5.91 Å². The Morgan fingerprint density at radius 1 is 0.955 bits per heavy atom. The van der Waals surface area contributed by atoms with Gasteiger partial charge >= 0.3 is 0 Å². The van der Waals surface area contributed by atoms with Crippen molar-refractivity contribution in [1.29, 1.82) is 0 Å². The van der Waals surface area contributed by atoms with E-state index in [2.05, 4.69) is 5.32 Å². The van der Waals surface area contributed by atoms with Crippen molar-refractivity contribution in [2.75, 3.05) is 11.9 Å². The zero-order valence-electron chi connectivity index (χ0n) is 12.4. The molecule has 1 N–H and O–H groups in total. The van der Waals surface area contributed by atoms with Gasteiger partial charge in [-0.1, -0.05) is 30.3 Å². The molecule has 0 fully saturated rings. The monoisotopic (exact) mass is 291 g/mol. The molecule has 1 amide bonds. The first kappa shape index (κ1) is 14.1. The fraction of sp³-hybridized carbons (Fsp3) is 0.105. The van der Waals surface area contributed by atoms with Crippen LogP contribution in [0.1, 0.15) is 17.3 Å². The lowest BCUT2D eigenvalue weighted by molar-refractivity contribution is 0.102. The van der Waals surface area contributed by atoms with Crippen LogP contribution in [0.3, 0.4) is 0 Å². The van der Waals surface area contributed by atoms with E-state index >= 15 is 0 Å². The number of ether oxygens (including phenoxy) is 1. The van der Waals surface area contributed by atoms with Gasteiger partial charge < -0.3 is 10.1 Å². The number of anilines is 1. The Labute approximate surface area is 129 Å². The number of amides is 1. The second-order valence-electron chi connectivity index (χ2n) is 4.97. The molecule has 22 heavy (non-hydrogen) atoms. The number of hydrogen-bond acceptors (Lipinski definition) is 2. The molecule has 0 atom stereocenters. The van der Waals surface area contributed by atoms with E-state index < -0.39 is 0 Å². The molecule has 0 heterocycles. The van der Waals surface area contributed by atoms with E-state index in [4.69, 9.17) is 4.74 Å². The molecular weight excluding hydrogens is 274 g/mol. The average Bonchev–Trinajstić information content (AvgIpc) is 2.56. The third kappa shape index (κ3) is 3.09. The molecule has 3 heteroatoms. The standard InChI is InChI=1S/C19H17NO2/c1-2-22-18-11-8-15(9-12-18)19(21)20-17-10-7-14-5-3-4-6-16(14)13-17/h3-13H,2H2,1H3,(H,20,21). The summed E-state index contributed by atoms with van der Waals surface area (Å²) >= 11 is 0. The van der Waals surface area contributed by atoms with Gasteiger partial charge in [0.15, 0.2) is 0 Å². The molecule has 3 aromatic rings. The Morgan fingerprint density at radius 2 is 1.68 bits per heavy atom. The van der Waals surface area contributed by atoms with Gasteiger partial charge in [0.1, 0.15) is 5.75 Å². The Balaban J connectivity index is 1.77. The van der Waals surface area contributed by atoms with Gasteiger partial charge in [-0.15, -0.1) is 0 Å². The number of fused-ring (bicyclic) bond motifs is 1. The first-order valence-electron chi connectivity index (χ1n) is 7.29. The fourth-order valence-electron chi connectivity index (χ4n) is 2.34. The lowest BCUT2D eigenvalue weighted by Crippen LogP contribution is -2.11. The van der Waals surface area contributed by atoms with Gasteiger partial charge in [0.2, 0.25) is 0 Å².